The highest BCUT2D eigenvalue weighted by molar-refractivity contribution is 4.96. The van der Waals surface area contributed by atoms with E-state index in [-0.39, 0.29) is 5.54 Å². The molecule has 84 valence electrons. The predicted octanol–water partition coefficient (Wildman–Crippen LogP) is 1.08. The first-order valence-corrected chi connectivity index (χ1v) is 5.55. The second-order valence-corrected chi connectivity index (χ2v) is 4.69. The fraction of sp³-hybridized carbons (Fsp3) is 1.00. The van der Waals surface area contributed by atoms with E-state index in [1.54, 1.807) is 7.11 Å². The summed E-state index contributed by atoms with van der Waals surface area (Å²) in [6, 6.07) is 0. The summed E-state index contributed by atoms with van der Waals surface area (Å²) in [6.45, 7) is 4.88. The van der Waals surface area contributed by atoms with Gasteiger partial charge in [0.25, 0.3) is 0 Å². The number of hydrogen-bond donors (Lipinski definition) is 1. The SMILES string of the molecule is COCCN(C)C1(CN)CCC(C)C1. The zero-order chi connectivity index (χ0) is 10.6. The molecule has 1 rings (SSSR count). The molecule has 0 bridgehead atoms. The maximum Gasteiger partial charge on any atom is 0.0589 e. The summed E-state index contributed by atoms with van der Waals surface area (Å²) in [4.78, 5) is 2.39. The fourth-order valence-electron chi connectivity index (χ4n) is 2.52. The molecule has 0 saturated heterocycles. The fourth-order valence-corrected chi connectivity index (χ4v) is 2.52. The summed E-state index contributed by atoms with van der Waals surface area (Å²) in [5.74, 6) is 0.823. The average Bonchev–Trinajstić information content (AvgIpc) is 2.58. The summed E-state index contributed by atoms with van der Waals surface area (Å²) in [5.41, 5.74) is 6.17. The third kappa shape index (κ3) is 2.47. The molecule has 2 atom stereocenters. The Balaban J connectivity index is 2.51. The zero-order valence-electron chi connectivity index (χ0n) is 9.75. The summed E-state index contributed by atoms with van der Waals surface area (Å²) in [5, 5.41) is 0. The topological polar surface area (TPSA) is 38.5 Å². The van der Waals surface area contributed by atoms with E-state index in [4.69, 9.17) is 10.5 Å². The molecule has 1 fully saturated rings. The minimum Gasteiger partial charge on any atom is -0.383 e. The lowest BCUT2D eigenvalue weighted by atomic mass is 9.94. The maximum absolute atomic E-state index is 5.92. The van der Waals surface area contributed by atoms with Crippen molar-refractivity contribution in [3.63, 3.8) is 0 Å². The van der Waals surface area contributed by atoms with E-state index in [9.17, 15) is 0 Å². The molecule has 0 aromatic heterocycles. The van der Waals surface area contributed by atoms with Gasteiger partial charge in [-0.1, -0.05) is 6.92 Å². The predicted molar refractivity (Wildman–Crippen MR) is 59.3 cm³/mol. The Morgan fingerprint density at radius 3 is 2.71 bits per heavy atom. The number of nitrogens with zero attached hydrogens (tertiary/aromatic N) is 1. The molecule has 2 N–H and O–H groups in total. The van der Waals surface area contributed by atoms with Gasteiger partial charge in [-0.25, -0.2) is 0 Å². The van der Waals surface area contributed by atoms with Crippen LogP contribution in [0.15, 0.2) is 0 Å². The molecule has 0 heterocycles. The molecule has 0 amide bonds. The van der Waals surface area contributed by atoms with E-state index in [0.29, 0.717) is 0 Å². The Morgan fingerprint density at radius 2 is 2.29 bits per heavy atom. The van der Waals surface area contributed by atoms with Gasteiger partial charge < -0.3 is 10.5 Å². The smallest absolute Gasteiger partial charge is 0.0589 e. The quantitative estimate of drug-likeness (QED) is 0.722. The molecule has 3 nitrogen and oxygen atoms in total. The standard InChI is InChI=1S/C11H24N2O/c1-10-4-5-11(8-10,9-12)13(2)6-7-14-3/h10H,4-9,12H2,1-3H3. The molecule has 0 radical (unpaired) electrons. The first kappa shape index (κ1) is 12.0. The summed E-state index contributed by atoms with van der Waals surface area (Å²) >= 11 is 0. The van der Waals surface area contributed by atoms with Gasteiger partial charge in [0.1, 0.15) is 0 Å². The van der Waals surface area contributed by atoms with Crippen molar-refractivity contribution < 1.29 is 4.74 Å². The first-order valence-electron chi connectivity index (χ1n) is 5.55. The third-order valence-electron chi connectivity index (χ3n) is 3.65. The molecule has 2 unspecified atom stereocenters. The van der Waals surface area contributed by atoms with Crippen LogP contribution in [-0.2, 0) is 4.74 Å². The van der Waals surface area contributed by atoms with Crippen LogP contribution in [0, 0.1) is 5.92 Å². The molecule has 0 spiro atoms. The normalized spacial score (nSPS) is 32.8. The van der Waals surface area contributed by atoms with Gasteiger partial charge in [0.2, 0.25) is 0 Å². The number of likely N-dealkylation sites (N-methyl/N-ethyl adjacent to an activating group) is 1. The van der Waals surface area contributed by atoms with Gasteiger partial charge in [-0.2, -0.15) is 0 Å². The molecule has 0 aliphatic heterocycles. The van der Waals surface area contributed by atoms with Gasteiger partial charge in [-0.05, 0) is 32.2 Å². The van der Waals surface area contributed by atoms with E-state index in [1.165, 1.54) is 19.3 Å². The summed E-state index contributed by atoms with van der Waals surface area (Å²) in [7, 11) is 3.92. The van der Waals surface area contributed by atoms with E-state index < -0.39 is 0 Å². The van der Waals surface area contributed by atoms with Gasteiger partial charge in [-0.3, -0.25) is 4.90 Å². The Kier molecular flexibility index (Phi) is 4.35. The average molecular weight is 200 g/mol. The maximum atomic E-state index is 5.92. The van der Waals surface area contributed by atoms with Crippen LogP contribution < -0.4 is 5.73 Å². The van der Waals surface area contributed by atoms with Crippen molar-refractivity contribution in [2.24, 2.45) is 11.7 Å². The van der Waals surface area contributed by atoms with E-state index >= 15 is 0 Å². The Bertz CT molecular complexity index is 175. The van der Waals surface area contributed by atoms with Crippen LogP contribution in [0.2, 0.25) is 0 Å². The number of ether oxygens (including phenoxy) is 1. The van der Waals surface area contributed by atoms with Crippen LogP contribution in [0.5, 0.6) is 0 Å². The molecule has 3 heteroatoms. The lowest BCUT2D eigenvalue weighted by Gasteiger charge is -2.38. The Morgan fingerprint density at radius 1 is 1.57 bits per heavy atom. The molecule has 1 aliphatic rings. The second-order valence-electron chi connectivity index (χ2n) is 4.69. The van der Waals surface area contributed by atoms with Crippen LogP contribution in [-0.4, -0.2) is 44.3 Å². The van der Waals surface area contributed by atoms with Crippen LogP contribution in [0.25, 0.3) is 0 Å². The van der Waals surface area contributed by atoms with E-state index in [1.807, 2.05) is 0 Å². The Hall–Kier alpha value is -0.120. The van der Waals surface area contributed by atoms with Crippen LogP contribution in [0.4, 0.5) is 0 Å². The second kappa shape index (κ2) is 5.10. The minimum atomic E-state index is 0.248. The van der Waals surface area contributed by atoms with Crippen molar-refractivity contribution in [2.75, 3.05) is 33.9 Å². The van der Waals surface area contributed by atoms with Gasteiger partial charge in [-0.15, -0.1) is 0 Å². The van der Waals surface area contributed by atoms with Gasteiger partial charge >= 0.3 is 0 Å². The lowest BCUT2D eigenvalue weighted by Crippen LogP contribution is -2.51. The molecular formula is C11H24N2O. The van der Waals surface area contributed by atoms with Crippen molar-refractivity contribution in [1.82, 2.24) is 4.90 Å². The van der Waals surface area contributed by atoms with Crippen LogP contribution >= 0.6 is 0 Å². The zero-order valence-corrected chi connectivity index (χ0v) is 9.75. The number of rotatable bonds is 5. The summed E-state index contributed by atoms with van der Waals surface area (Å²) < 4.78 is 5.11. The van der Waals surface area contributed by atoms with Gasteiger partial charge in [0.15, 0.2) is 0 Å². The minimum absolute atomic E-state index is 0.248. The van der Waals surface area contributed by atoms with Crippen molar-refractivity contribution in [3.05, 3.63) is 0 Å². The third-order valence-corrected chi connectivity index (χ3v) is 3.65. The van der Waals surface area contributed by atoms with Crippen LogP contribution in [0.3, 0.4) is 0 Å². The highest BCUT2D eigenvalue weighted by Gasteiger charge is 2.39. The van der Waals surface area contributed by atoms with Gasteiger partial charge in [0.05, 0.1) is 6.61 Å². The molecular weight excluding hydrogens is 176 g/mol. The van der Waals surface area contributed by atoms with Crippen molar-refractivity contribution in [2.45, 2.75) is 31.7 Å². The molecule has 1 aliphatic carbocycles. The highest BCUT2D eigenvalue weighted by Crippen LogP contribution is 2.37. The van der Waals surface area contributed by atoms with Crippen molar-refractivity contribution in [1.29, 1.82) is 0 Å². The lowest BCUT2D eigenvalue weighted by molar-refractivity contribution is 0.0846. The monoisotopic (exact) mass is 200 g/mol. The number of nitrogens with two attached hydrogens (primary N) is 1. The first-order chi connectivity index (χ1) is 6.64. The van der Waals surface area contributed by atoms with Crippen molar-refractivity contribution >= 4 is 0 Å². The van der Waals surface area contributed by atoms with Crippen LogP contribution in [0.1, 0.15) is 26.2 Å². The molecule has 0 aromatic carbocycles. The van der Waals surface area contributed by atoms with E-state index in [2.05, 4.69) is 18.9 Å². The largest absolute Gasteiger partial charge is 0.383 e. The van der Waals surface area contributed by atoms with E-state index in [0.717, 1.165) is 25.6 Å². The molecule has 14 heavy (non-hydrogen) atoms. The summed E-state index contributed by atoms with van der Waals surface area (Å²) in [6.07, 6.45) is 3.79. The van der Waals surface area contributed by atoms with Gasteiger partial charge in [0, 0.05) is 25.7 Å². The molecule has 0 aromatic rings. The Labute approximate surface area is 87.6 Å². The number of hydrogen-bond acceptors (Lipinski definition) is 3. The number of methoxy groups -OCH3 is 1. The molecule has 1 saturated carbocycles. The van der Waals surface area contributed by atoms with Crippen molar-refractivity contribution in [3.8, 4) is 0 Å². The highest BCUT2D eigenvalue weighted by atomic mass is 16.5.